The topological polar surface area (TPSA) is 66.5 Å². The van der Waals surface area contributed by atoms with Gasteiger partial charge >= 0.3 is 0 Å². The minimum atomic E-state index is 0.524. The van der Waals surface area contributed by atoms with E-state index in [9.17, 15) is 0 Å². The van der Waals surface area contributed by atoms with E-state index in [1.807, 2.05) is 11.8 Å². The SMILES string of the molecule is c1nc(N[C@H]2CCSC2)c2[nH]cnc2n1. The van der Waals surface area contributed by atoms with Crippen molar-refractivity contribution in [1.82, 2.24) is 19.9 Å². The number of anilines is 1. The van der Waals surface area contributed by atoms with E-state index >= 15 is 0 Å². The molecule has 1 fully saturated rings. The third kappa shape index (κ3) is 1.65. The van der Waals surface area contributed by atoms with Crippen LogP contribution in [0.2, 0.25) is 0 Å². The highest BCUT2D eigenvalue weighted by Crippen LogP contribution is 2.22. The number of fused-ring (bicyclic) bond motifs is 1. The number of hydrogen-bond donors (Lipinski definition) is 2. The van der Waals surface area contributed by atoms with Gasteiger partial charge in [-0.25, -0.2) is 15.0 Å². The van der Waals surface area contributed by atoms with Gasteiger partial charge in [-0.05, 0) is 12.2 Å². The summed E-state index contributed by atoms with van der Waals surface area (Å²) in [7, 11) is 0. The maximum atomic E-state index is 4.24. The van der Waals surface area contributed by atoms with Crippen molar-refractivity contribution in [2.75, 3.05) is 16.8 Å². The van der Waals surface area contributed by atoms with E-state index in [0.29, 0.717) is 6.04 Å². The zero-order valence-electron chi connectivity index (χ0n) is 8.10. The lowest BCUT2D eigenvalue weighted by atomic mass is 10.2. The maximum Gasteiger partial charge on any atom is 0.182 e. The Morgan fingerprint density at radius 3 is 3.27 bits per heavy atom. The van der Waals surface area contributed by atoms with Crippen LogP contribution in [0.25, 0.3) is 11.2 Å². The molecule has 1 saturated heterocycles. The highest BCUT2D eigenvalue weighted by molar-refractivity contribution is 7.99. The summed E-state index contributed by atoms with van der Waals surface area (Å²) in [5.41, 5.74) is 1.62. The van der Waals surface area contributed by atoms with Gasteiger partial charge in [-0.15, -0.1) is 0 Å². The summed E-state index contributed by atoms with van der Waals surface area (Å²) in [5.74, 6) is 3.25. The lowest BCUT2D eigenvalue weighted by molar-refractivity contribution is 0.807. The number of thioether (sulfide) groups is 1. The van der Waals surface area contributed by atoms with Gasteiger partial charge in [-0.2, -0.15) is 11.8 Å². The number of H-pyrrole nitrogens is 1. The average molecular weight is 221 g/mol. The summed E-state index contributed by atoms with van der Waals surface area (Å²) >= 11 is 1.98. The molecule has 2 N–H and O–H groups in total. The van der Waals surface area contributed by atoms with Gasteiger partial charge in [0.25, 0.3) is 0 Å². The largest absolute Gasteiger partial charge is 0.365 e. The van der Waals surface area contributed by atoms with Crippen LogP contribution < -0.4 is 5.32 Å². The van der Waals surface area contributed by atoms with Gasteiger partial charge in [0.15, 0.2) is 11.5 Å². The molecule has 0 spiro atoms. The first kappa shape index (κ1) is 8.96. The predicted molar refractivity (Wildman–Crippen MR) is 61.0 cm³/mol. The number of nitrogens with one attached hydrogen (secondary N) is 2. The van der Waals surface area contributed by atoms with Gasteiger partial charge in [-0.3, -0.25) is 0 Å². The maximum absolute atomic E-state index is 4.24. The van der Waals surface area contributed by atoms with E-state index in [1.54, 1.807) is 12.7 Å². The van der Waals surface area contributed by atoms with Gasteiger partial charge in [0.1, 0.15) is 11.8 Å². The molecule has 0 amide bonds. The van der Waals surface area contributed by atoms with Crippen LogP contribution in [0.15, 0.2) is 12.7 Å². The van der Waals surface area contributed by atoms with E-state index < -0.39 is 0 Å². The summed E-state index contributed by atoms with van der Waals surface area (Å²) in [4.78, 5) is 15.5. The molecular formula is C9H11N5S. The van der Waals surface area contributed by atoms with E-state index in [0.717, 1.165) is 22.7 Å². The Bertz CT molecular complexity index is 462. The summed E-state index contributed by atoms with van der Waals surface area (Å²) in [5, 5.41) is 3.43. The van der Waals surface area contributed by atoms with Crippen molar-refractivity contribution >= 4 is 28.7 Å². The van der Waals surface area contributed by atoms with Crippen LogP contribution in [0.5, 0.6) is 0 Å². The Kier molecular flexibility index (Phi) is 2.21. The fourth-order valence-electron chi connectivity index (χ4n) is 1.72. The monoisotopic (exact) mass is 221 g/mol. The summed E-state index contributed by atoms with van der Waals surface area (Å²) in [6, 6.07) is 0.524. The molecule has 1 aliphatic heterocycles. The first-order valence-electron chi connectivity index (χ1n) is 4.92. The molecule has 6 heteroatoms. The summed E-state index contributed by atoms with van der Waals surface area (Å²) in [6.07, 6.45) is 4.39. The third-order valence-corrected chi connectivity index (χ3v) is 3.66. The van der Waals surface area contributed by atoms with Crippen molar-refractivity contribution in [3.8, 4) is 0 Å². The quantitative estimate of drug-likeness (QED) is 0.799. The molecule has 3 heterocycles. The van der Waals surface area contributed by atoms with Crippen LogP contribution in [0, 0.1) is 0 Å². The molecule has 0 aromatic carbocycles. The minimum absolute atomic E-state index is 0.524. The van der Waals surface area contributed by atoms with Gasteiger partial charge in [0.05, 0.1) is 6.33 Å². The van der Waals surface area contributed by atoms with E-state index in [4.69, 9.17) is 0 Å². The number of nitrogens with zero attached hydrogens (tertiary/aromatic N) is 3. The Balaban J connectivity index is 1.92. The number of aromatic nitrogens is 4. The van der Waals surface area contributed by atoms with Crippen molar-refractivity contribution in [2.24, 2.45) is 0 Å². The van der Waals surface area contributed by atoms with Crippen molar-refractivity contribution in [1.29, 1.82) is 0 Å². The molecule has 0 radical (unpaired) electrons. The second-order valence-corrected chi connectivity index (χ2v) is 4.68. The highest BCUT2D eigenvalue weighted by Gasteiger charge is 2.17. The Hall–Kier alpha value is -1.30. The molecule has 5 nitrogen and oxygen atoms in total. The number of aromatic amines is 1. The van der Waals surface area contributed by atoms with Crippen molar-refractivity contribution in [3.63, 3.8) is 0 Å². The van der Waals surface area contributed by atoms with Crippen LogP contribution >= 0.6 is 11.8 Å². The Labute approximate surface area is 91.1 Å². The number of hydrogen-bond acceptors (Lipinski definition) is 5. The van der Waals surface area contributed by atoms with Crippen LogP contribution in [0.1, 0.15) is 6.42 Å². The zero-order valence-corrected chi connectivity index (χ0v) is 8.92. The smallest absolute Gasteiger partial charge is 0.182 e. The first-order chi connectivity index (χ1) is 7.43. The van der Waals surface area contributed by atoms with Crippen molar-refractivity contribution < 1.29 is 0 Å². The molecule has 2 aromatic heterocycles. The fourth-order valence-corrected chi connectivity index (χ4v) is 2.87. The van der Waals surface area contributed by atoms with Gasteiger partial charge in [0, 0.05) is 11.8 Å². The van der Waals surface area contributed by atoms with Crippen LogP contribution in [0.4, 0.5) is 5.82 Å². The summed E-state index contributed by atoms with van der Waals surface area (Å²) in [6.45, 7) is 0. The summed E-state index contributed by atoms with van der Waals surface area (Å²) < 4.78 is 0. The highest BCUT2D eigenvalue weighted by atomic mass is 32.2. The van der Waals surface area contributed by atoms with E-state index in [2.05, 4.69) is 25.3 Å². The standard InChI is InChI=1S/C9H11N5S/c1-2-15-3-6(1)14-9-7-8(11-4-10-7)12-5-13-9/h4-6H,1-3H2,(H2,10,11,12,13,14)/t6-/m0/s1. The first-order valence-corrected chi connectivity index (χ1v) is 6.07. The van der Waals surface area contributed by atoms with E-state index in [-0.39, 0.29) is 0 Å². The molecule has 3 rings (SSSR count). The molecule has 1 atom stereocenters. The van der Waals surface area contributed by atoms with E-state index in [1.165, 1.54) is 12.2 Å². The molecule has 15 heavy (non-hydrogen) atoms. The Morgan fingerprint density at radius 1 is 1.40 bits per heavy atom. The molecule has 78 valence electrons. The second kappa shape index (κ2) is 3.69. The lowest BCUT2D eigenvalue weighted by Gasteiger charge is -2.11. The normalized spacial score (nSPS) is 20.9. The predicted octanol–water partition coefficient (Wildman–Crippen LogP) is 1.27. The molecule has 0 bridgehead atoms. The van der Waals surface area contributed by atoms with Crippen molar-refractivity contribution in [3.05, 3.63) is 12.7 Å². The second-order valence-electron chi connectivity index (χ2n) is 3.53. The van der Waals surface area contributed by atoms with Crippen LogP contribution in [-0.4, -0.2) is 37.5 Å². The molecular weight excluding hydrogens is 210 g/mol. The van der Waals surface area contributed by atoms with Crippen LogP contribution in [0.3, 0.4) is 0 Å². The zero-order chi connectivity index (χ0) is 10.1. The van der Waals surface area contributed by atoms with Gasteiger partial charge in [0.2, 0.25) is 0 Å². The third-order valence-electron chi connectivity index (χ3n) is 2.49. The molecule has 0 aliphatic carbocycles. The number of rotatable bonds is 2. The molecule has 2 aromatic rings. The molecule has 0 saturated carbocycles. The fraction of sp³-hybridized carbons (Fsp3) is 0.444. The molecule has 0 unspecified atom stereocenters. The number of imidazole rings is 1. The van der Waals surface area contributed by atoms with Crippen LogP contribution in [-0.2, 0) is 0 Å². The van der Waals surface area contributed by atoms with Gasteiger partial charge < -0.3 is 10.3 Å². The minimum Gasteiger partial charge on any atom is -0.365 e. The Morgan fingerprint density at radius 2 is 2.40 bits per heavy atom. The van der Waals surface area contributed by atoms with Crippen molar-refractivity contribution in [2.45, 2.75) is 12.5 Å². The van der Waals surface area contributed by atoms with Gasteiger partial charge in [-0.1, -0.05) is 0 Å². The average Bonchev–Trinajstić information content (AvgIpc) is 2.87. The lowest BCUT2D eigenvalue weighted by Crippen LogP contribution is -2.19. The molecule has 1 aliphatic rings.